The van der Waals surface area contributed by atoms with Crippen LogP contribution in [0.1, 0.15) is 56.2 Å². The zero-order valence-electron chi connectivity index (χ0n) is 16.2. The van der Waals surface area contributed by atoms with E-state index in [0.717, 1.165) is 29.4 Å². The monoisotopic (exact) mass is 372 g/mol. The highest BCUT2D eigenvalue weighted by atomic mass is 16.2. The molecule has 0 bridgehead atoms. The van der Waals surface area contributed by atoms with E-state index in [-0.39, 0.29) is 17.7 Å². The van der Waals surface area contributed by atoms with Crippen molar-refractivity contribution >= 4 is 22.9 Å². The smallest absolute Gasteiger partial charge is 0.230 e. The predicted molar refractivity (Wildman–Crippen MR) is 110 cm³/mol. The number of benzene rings is 2. The van der Waals surface area contributed by atoms with Crippen molar-refractivity contribution in [1.82, 2.24) is 9.55 Å². The fraction of sp³-hybridized carbons (Fsp3) is 0.348. The third-order valence-corrected chi connectivity index (χ3v) is 5.98. The minimum Gasteiger partial charge on any atom is -0.307 e. The van der Waals surface area contributed by atoms with Crippen LogP contribution in [0.15, 0.2) is 48.5 Å². The van der Waals surface area contributed by atoms with Crippen LogP contribution < -0.4 is 5.32 Å². The summed E-state index contributed by atoms with van der Waals surface area (Å²) >= 11 is 0. The Morgan fingerprint density at radius 2 is 1.96 bits per heavy atom. The van der Waals surface area contributed by atoms with Crippen molar-refractivity contribution in [3.63, 3.8) is 0 Å². The van der Waals surface area contributed by atoms with Crippen LogP contribution in [0.4, 0.5) is 5.95 Å². The average molecular weight is 372 g/mol. The van der Waals surface area contributed by atoms with E-state index >= 15 is 0 Å². The van der Waals surface area contributed by atoms with Gasteiger partial charge in [-0.25, -0.2) is 4.98 Å². The Labute approximate surface area is 165 Å². The number of nitrogens with zero attached hydrogens (tertiary/aromatic N) is 3. The summed E-state index contributed by atoms with van der Waals surface area (Å²) in [7, 11) is 0. The first-order valence-corrected chi connectivity index (χ1v) is 9.86. The molecule has 5 heteroatoms. The molecule has 1 aliphatic rings. The highest BCUT2D eigenvalue weighted by Crippen LogP contribution is 2.37. The second-order valence-corrected chi connectivity index (χ2v) is 7.68. The summed E-state index contributed by atoms with van der Waals surface area (Å²) in [5.41, 5.74) is 3.49. The fourth-order valence-electron chi connectivity index (χ4n) is 3.76. The van der Waals surface area contributed by atoms with E-state index in [1.807, 2.05) is 37.3 Å². The second kappa shape index (κ2) is 7.47. The van der Waals surface area contributed by atoms with Gasteiger partial charge in [-0.15, -0.1) is 0 Å². The molecule has 0 aliphatic heterocycles. The van der Waals surface area contributed by atoms with Crippen molar-refractivity contribution in [2.24, 2.45) is 5.92 Å². The summed E-state index contributed by atoms with van der Waals surface area (Å²) in [4.78, 5) is 17.7. The lowest BCUT2D eigenvalue weighted by Gasteiger charge is -2.29. The number of hydrogen-bond donors (Lipinski definition) is 1. The average Bonchev–Trinajstić information content (AvgIpc) is 3.03. The van der Waals surface area contributed by atoms with Gasteiger partial charge in [-0.1, -0.05) is 44.2 Å². The molecule has 142 valence electrons. The molecule has 1 N–H and O–H groups in total. The van der Waals surface area contributed by atoms with Gasteiger partial charge >= 0.3 is 0 Å². The van der Waals surface area contributed by atoms with Crippen LogP contribution in [0.25, 0.3) is 11.0 Å². The minimum absolute atomic E-state index is 0.0345. The van der Waals surface area contributed by atoms with Crippen LogP contribution in [-0.2, 0) is 4.79 Å². The molecule has 0 saturated heterocycles. The van der Waals surface area contributed by atoms with Crippen molar-refractivity contribution in [3.05, 3.63) is 59.7 Å². The van der Waals surface area contributed by atoms with Crippen LogP contribution in [-0.4, -0.2) is 15.5 Å². The lowest BCUT2D eigenvalue weighted by Crippen LogP contribution is -2.28. The number of amides is 1. The molecule has 2 aromatic carbocycles. The van der Waals surface area contributed by atoms with Gasteiger partial charge in [0.1, 0.15) is 0 Å². The predicted octanol–water partition coefficient (Wildman–Crippen LogP) is 5.01. The number of imidazole rings is 1. The van der Waals surface area contributed by atoms with Gasteiger partial charge in [0.25, 0.3) is 0 Å². The van der Waals surface area contributed by atoms with Crippen LogP contribution in [0.3, 0.4) is 0 Å². The standard InChI is InChI=1S/C23H24N4O/c1-15(18-7-4-3-5-8-18)16(2)22(28)26-23-25-20-12-11-17(14-24)13-21(20)27(23)19-9-6-10-19/h3-5,7-8,11-13,15-16,19H,6,9-10H2,1-2H3,(H,25,26,28)/t15?,16-/m0/s1. The first kappa shape index (κ1) is 18.2. The first-order chi connectivity index (χ1) is 13.6. The molecular formula is C23H24N4O. The number of carbonyl (C=O) groups is 1. The molecule has 2 atom stereocenters. The molecule has 4 rings (SSSR count). The summed E-state index contributed by atoms with van der Waals surface area (Å²) in [5.74, 6) is 0.472. The van der Waals surface area contributed by atoms with E-state index in [2.05, 4.69) is 40.0 Å². The van der Waals surface area contributed by atoms with Gasteiger partial charge in [0.15, 0.2) is 0 Å². The molecule has 1 aromatic heterocycles. The van der Waals surface area contributed by atoms with Crippen molar-refractivity contribution in [2.75, 3.05) is 5.32 Å². The zero-order valence-corrected chi connectivity index (χ0v) is 16.2. The van der Waals surface area contributed by atoms with Gasteiger partial charge in [-0.05, 0) is 48.9 Å². The number of carbonyl (C=O) groups excluding carboxylic acids is 1. The third-order valence-electron chi connectivity index (χ3n) is 5.98. The maximum atomic E-state index is 13.0. The van der Waals surface area contributed by atoms with E-state index in [0.29, 0.717) is 17.6 Å². The first-order valence-electron chi connectivity index (χ1n) is 9.86. The summed E-state index contributed by atoms with van der Waals surface area (Å²) < 4.78 is 2.11. The van der Waals surface area contributed by atoms with Gasteiger partial charge in [0, 0.05) is 12.0 Å². The maximum absolute atomic E-state index is 13.0. The van der Waals surface area contributed by atoms with Crippen LogP contribution in [0, 0.1) is 17.2 Å². The molecule has 28 heavy (non-hydrogen) atoms. The number of nitriles is 1. The Balaban J connectivity index is 1.63. The Morgan fingerprint density at radius 1 is 1.21 bits per heavy atom. The van der Waals surface area contributed by atoms with Crippen LogP contribution in [0.5, 0.6) is 0 Å². The third kappa shape index (κ3) is 3.27. The second-order valence-electron chi connectivity index (χ2n) is 7.68. The topological polar surface area (TPSA) is 70.7 Å². The molecule has 1 unspecified atom stereocenters. The van der Waals surface area contributed by atoms with Crippen molar-refractivity contribution < 1.29 is 4.79 Å². The van der Waals surface area contributed by atoms with E-state index in [9.17, 15) is 10.1 Å². The van der Waals surface area contributed by atoms with Gasteiger partial charge in [-0.3, -0.25) is 10.1 Å². The molecule has 5 nitrogen and oxygen atoms in total. The fourth-order valence-corrected chi connectivity index (χ4v) is 3.76. The van der Waals surface area contributed by atoms with E-state index < -0.39 is 0 Å². The number of nitrogens with one attached hydrogen (secondary N) is 1. The Hall–Kier alpha value is -3.13. The molecule has 3 aromatic rings. The summed E-state index contributed by atoms with van der Waals surface area (Å²) in [6, 6.07) is 18.1. The van der Waals surface area contributed by atoms with E-state index in [1.165, 1.54) is 6.42 Å². The molecule has 1 saturated carbocycles. The summed E-state index contributed by atoms with van der Waals surface area (Å²) in [6.07, 6.45) is 3.32. The van der Waals surface area contributed by atoms with Crippen molar-refractivity contribution in [3.8, 4) is 6.07 Å². The number of fused-ring (bicyclic) bond motifs is 1. The summed E-state index contributed by atoms with van der Waals surface area (Å²) in [5, 5.41) is 12.3. The van der Waals surface area contributed by atoms with Crippen LogP contribution in [0.2, 0.25) is 0 Å². The molecule has 0 radical (unpaired) electrons. The van der Waals surface area contributed by atoms with Crippen molar-refractivity contribution in [2.45, 2.75) is 45.1 Å². The highest BCUT2D eigenvalue weighted by Gasteiger charge is 2.28. The normalized spacial score (nSPS) is 16.2. The molecule has 1 aliphatic carbocycles. The molecule has 0 spiro atoms. The Morgan fingerprint density at radius 3 is 2.61 bits per heavy atom. The zero-order chi connectivity index (χ0) is 19.7. The number of rotatable bonds is 5. The molecule has 1 amide bonds. The van der Waals surface area contributed by atoms with E-state index in [1.54, 1.807) is 6.07 Å². The largest absolute Gasteiger partial charge is 0.307 e. The van der Waals surface area contributed by atoms with Gasteiger partial charge < -0.3 is 4.57 Å². The molecule has 1 heterocycles. The van der Waals surface area contributed by atoms with Gasteiger partial charge in [0.2, 0.25) is 11.9 Å². The van der Waals surface area contributed by atoms with Gasteiger partial charge in [0.05, 0.1) is 22.7 Å². The Bertz CT molecular complexity index is 1040. The SMILES string of the molecule is CC(c1ccccc1)[C@H](C)C(=O)Nc1nc2ccc(C#N)cc2n1C1CCC1. The number of aromatic nitrogens is 2. The van der Waals surface area contributed by atoms with E-state index in [4.69, 9.17) is 0 Å². The quantitative estimate of drug-likeness (QED) is 0.684. The molecule has 1 fully saturated rings. The maximum Gasteiger partial charge on any atom is 0.230 e. The number of anilines is 1. The van der Waals surface area contributed by atoms with Crippen LogP contribution >= 0.6 is 0 Å². The van der Waals surface area contributed by atoms with Gasteiger partial charge in [-0.2, -0.15) is 5.26 Å². The van der Waals surface area contributed by atoms with Crippen molar-refractivity contribution in [1.29, 1.82) is 5.26 Å². The summed E-state index contributed by atoms with van der Waals surface area (Å²) in [6.45, 7) is 4.03. The highest BCUT2D eigenvalue weighted by molar-refractivity contribution is 5.93. The minimum atomic E-state index is -0.188. The lowest BCUT2D eigenvalue weighted by molar-refractivity contribution is -0.120. The lowest BCUT2D eigenvalue weighted by atomic mass is 9.88. The molecular weight excluding hydrogens is 348 g/mol. The number of hydrogen-bond acceptors (Lipinski definition) is 3. The Kier molecular flexibility index (Phi) is 4.87.